The minimum atomic E-state index is -3.89. The van der Waals surface area contributed by atoms with Crippen LogP contribution in [0.3, 0.4) is 0 Å². The van der Waals surface area contributed by atoms with Gasteiger partial charge in [0.2, 0.25) is 0 Å². The summed E-state index contributed by atoms with van der Waals surface area (Å²) in [6, 6.07) is 11.1. The summed E-state index contributed by atoms with van der Waals surface area (Å²) >= 11 is 0. The summed E-state index contributed by atoms with van der Waals surface area (Å²) in [5.41, 5.74) is 2.74. The number of fused-ring (bicyclic) bond motifs is 1. The molecule has 0 aliphatic heterocycles. The highest BCUT2D eigenvalue weighted by molar-refractivity contribution is 7.87. The third kappa shape index (κ3) is 3.51. The van der Waals surface area contributed by atoms with Gasteiger partial charge in [-0.3, -0.25) is 5.32 Å². The zero-order valence-electron chi connectivity index (χ0n) is 13.1. The summed E-state index contributed by atoms with van der Waals surface area (Å²) in [4.78, 5) is 11.3. The zero-order valence-corrected chi connectivity index (χ0v) is 13.9. The average molecular weight is 347 g/mol. The van der Waals surface area contributed by atoms with E-state index in [-0.39, 0.29) is 10.6 Å². The van der Waals surface area contributed by atoms with Crippen molar-refractivity contribution in [1.29, 1.82) is 0 Å². The lowest BCUT2D eigenvalue weighted by atomic mass is 10.1. The van der Waals surface area contributed by atoms with Gasteiger partial charge in [-0.25, -0.2) is 4.79 Å². The highest BCUT2D eigenvalue weighted by atomic mass is 32.2. The molecule has 0 bridgehead atoms. The molecule has 0 saturated carbocycles. The first-order valence-corrected chi connectivity index (χ1v) is 8.90. The Bertz CT molecular complexity index is 859. The lowest BCUT2D eigenvalue weighted by Gasteiger charge is -2.09. The number of benzene rings is 2. The standard InChI is InChI=1S/C17H17NO5S/c1-22-17(19)18-14-6-8-15(9-7-14)23-24(20,21)16-10-5-12-3-2-4-13(12)11-16/h5-11H,2-4H2,1H3,(H,18,19). The SMILES string of the molecule is COC(=O)Nc1ccc(OS(=O)(=O)c2ccc3c(c2)CCC3)cc1. The molecule has 1 aliphatic rings. The molecule has 2 aromatic carbocycles. The van der Waals surface area contributed by atoms with Crippen LogP contribution in [0.5, 0.6) is 5.75 Å². The first-order valence-electron chi connectivity index (χ1n) is 7.49. The Balaban J connectivity index is 1.76. The van der Waals surface area contributed by atoms with Gasteiger partial charge in [0.05, 0.1) is 7.11 Å². The molecule has 2 aromatic rings. The Morgan fingerprint density at radius 2 is 1.75 bits per heavy atom. The Morgan fingerprint density at radius 1 is 1.04 bits per heavy atom. The molecule has 3 rings (SSSR count). The number of amides is 1. The van der Waals surface area contributed by atoms with Crippen molar-refractivity contribution in [2.45, 2.75) is 24.2 Å². The predicted molar refractivity (Wildman–Crippen MR) is 88.8 cm³/mol. The number of carbonyl (C=O) groups excluding carboxylic acids is 1. The second-order valence-electron chi connectivity index (χ2n) is 5.46. The number of rotatable bonds is 4. The Labute approximate surface area is 140 Å². The van der Waals surface area contributed by atoms with E-state index in [1.807, 2.05) is 6.07 Å². The van der Waals surface area contributed by atoms with Crippen molar-refractivity contribution in [3.63, 3.8) is 0 Å². The van der Waals surface area contributed by atoms with Crippen LogP contribution >= 0.6 is 0 Å². The zero-order chi connectivity index (χ0) is 17.2. The summed E-state index contributed by atoms with van der Waals surface area (Å²) in [7, 11) is -2.63. The quantitative estimate of drug-likeness (QED) is 0.860. The largest absolute Gasteiger partial charge is 0.453 e. The second-order valence-corrected chi connectivity index (χ2v) is 7.01. The Hall–Kier alpha value is -2.54. The van der Waals surface area contributed by atoms with Gasteiger partial charge < -0.3 is 8.92 Å². The topological polar surface area (TPSA) is 81.7 Å². The van der Waals surface area contributed by atoms with Crippen molar-refractivity contribution >= 4 is 21.9 Å². The van der Waals surface area contributed by atoms with Crippen LogP contribution in [0, 0.1) is 0 Å². The molecule has 0 atom stereocenters. The van der Waals surface area contributed by atoms with Crippen LogP contribution in [0.2, 0.25) is 0 Å². The monoisotopic (exact) mass is 347 g/mol. The molecular weight excluding hydrogens is 330 g/mol. The first kappa shape index (κ1) is 16.3. The van der Waals surface area contributed by atoms with E-state index in [4.69, 9.17) is 4.18 Å². The number of aryl methyl sites for hydroxylation is 2. The minimum Gasteiger partial charge on any atom is -0.453 e. The molecule has 1 amide bonds. The van der Waals surface area contributed by atoms with E-state index in [1.54, 1.807) is 12.1 Å². The fourth-order valence-electron chi connectivity index (χ4n) is 2.64. The van der Waals surface area contributed by atoms with Crippen LogP contribution in [0.1, 0.15) is 17.5 Å². The molecule has 0 radical (unpaired) electrons. The Morgan fingerprint density at radius 3 is 2.46 bits per heavy atom. The first-order chi connectivity index (χ1) is 11.5. The normalized spacial score (nSPS) is 13.2. The van der Waals surface area contributed by atoms with Gasteiger partial charge in [-0.15, -0.1) is 0 Å². The van der Waals surface area contributed by atoms with Gasteiger partial charge in [0.1, 0.15) is 10.6 Å². The number of ether oxygens (including phenoxy) is 1. The summed E-state index contributed by atoms with van der Waals surface area (Å²) in [6.07, 6.45) is 2.33. The number of methoxy groups -OCH3 is 1. The maximum absolute atomic E-state index is 12.4. The van der Waals surface area contributed by atoms with Crippen molar-refractivity contribution in [3.05, 3.63) is 53.6 Å². The molecule has 0 fully saturated rings. The van der Waals surface area contributed by atoms with E-state index < -0.39 is 16.2 Å². The maximum Gasteiger partial charge on any atom is 0.411 e. The molecule has 1 N–H and O–H groups in total. The molecule has 6 nitrogen and oxygen atoms in total. The molecule has 1 aliphatic carbocycles. The van der Waals surface area contributed by atoms with E-state index >= 15 is 0 Å². The summed E-state index contributed by atoms with van der Waals surface area (Å²) < 4.78 is 34.4. The fraction of sp³-hybridized carbons (Fsp3) is 0.235. The van der Waals surface area contributed by atoms with Crippen LogP contribution < -0.4 is 9.50 Å². The molecule has 24 heavy (non-hydrogen) atoms. The molecular formula is C17H17NO5S. The maximum atomic E-state index is 12.4. The van der Waals surface area contributed by atoms with Crippen molar-refractivity contribution in [2.24, 2.45) is 0 Å². The van der Waals surface area contributed by atoms with E-state index in [0.29, 0.717) is 5.69 Å². The van der Waals surface area contributed by atoms with Crippen molar-refractivity contribution in [1.82, 2.24) is 0 Å². The van der Waals surface area contributed by atoms with E-state index in [2.05, 4.69) is 10.1 Å². The number of hydrogen-bond donors (Lipinski definition) is 1. The second kappa shape index (κ2) is 6.52. The molecule has 126 valence electrons. The van der Waals surface area contributed by atoms with Crippen LogP contribution in [0.25, 0.3) is 0 Å². The molecule has 0 unspecified atom stereocenters. The van der Waals surface area contributed by atoms with Crippen molar-refractivity contribution in [2.75, 3.05) is 12.4 Å². The minimum absolute atomic E-state index is 0.153. The summed E-state index contributed by atoms with van der Waals surface area (Å²) in [5.74, 6) is 0.172. The molecule has 7 heteroatoms. The summed E-state index contributed by atoms with van der Waals surface area (Å²) in [6.45, 7) is 0. The average Bonchev–Trinajstić information content (AvgIpc) is 3.04. The number of hydrogen-bond acceptors (Lipinski definition) is 5. The van der Waals surface area contributed by atoms with Crippen LogP contribution in [-0.2, 0) is 27.7 Å². The van der Waals surface area contributed by atoms with Gasteiger partial charge in [0.25, 0.3) is 0 Å². The van der Waals surface area contributed by atoms with Gasteiger partial charge in [-0.2, -0.15) is 8.42 Å². The van der Waals surface area contributed by atoms with Gasteiger partial charge in [-0.05, 0) is 66.8 Å². The highest BCUT2D eigenvalue weighted by Gasteiger charge is 2.20. The highest BCUT2D eigenvalue weighted by Crippen LogP contribution is 2.27. The fourth-order valence-corrected chi connectivity index (χ4v) is 3.62. The number of carbonyl (C=O) groups is 1. The summed E-state index contributed by atoms with van der Waals surface area (Å²) in [5, 5.41) is 2.48. The van der Waals surface area contributed by atoms with Gasteiger partial charge in [-0.1, -0.05) is 6.07 Å². The van der Waals surface area contributed by atoms with Crippen LogP contribution in [-0.4, -0.2) is 21.6 Å². The third-order valence-corrected chi connectivity index (χ3v) is 5.09. The Kier molecular flexibility index (Phi) is 4.44. The lowest BCUT2D eigenvalue weighted by molar-refractivity contribution is 0.187. The van der Waals surface area contributed by atoms with Gasteiger partial charge in [0.15, 0.2) is 0 Å². The van der Waals surface area contributed by atoms with Crippen molar-refractivity contribution < 1.29 is 22.1 Å². The van der Waals surface area contributed by atoms with E-state index in [0.717, 1.165) is 24.8 Å². The number of anilines is 1. The molecule has 0 aromatic heterocycles. The lowest BCUT2D eigenvalue weighted by Crippen LogP contribution is -2.12. The van der Waals surface area contributed by atoms with E-state index in [9.17, 15) is 13.2 Å². The third-order valence-electron chi connectivity index (χ3n) is 3.85. The molecule has 0 spiro atoms. The molecule has 0 saturated heterocycles. The van der Waals surface area contributed by atoms with E-state index in [1.165, 1.54) is 36.9 Å². The van der Waals surface area contributed by atoms with Gasteiger partial charge in [0, 0.05) is 5.69 Å². The van der Waals surface area contributed by atoms with Crippen LogP contribution in [0.4, 0.5) is 10.5 Å². The molecule has 0 heterocycles. The van der Waals surface area contributed by atoms with Gasteiger partial charge >= 0.3 is 16.2 Å². The smallest absolute Gasteiger partial charge is 0.411 e. The number of nitrogens with one attached hydrogen (secondary N) is 1. The van der Waals surface area contributed by atoms with Crippen LogP contribution in [0.15, 0.2) is 47.4 Å². The van der Waals surface area contributed by atoms with Crippen molar-refractivity contribution in [3.8, 4) is 5.75 Å². The predicted octanol–water partition coefficient (Wildman–Crippen LogP) is 3.12.